The number of thioether (sulfide) groups is 2. The van der Waals surface area contributed by atoms with E-state index in [1.807, 2.05) is 37.6 Å². The van der Waals surface area contributed by atoms with Gasteiger partial charge in [-0.3, -0.25) is 9.59 Å². The number of hydrogen-bond acceptors (Lipinski definition) is 8. The van der Waals surface area contributed by atoms with E-state index in [4.69, 9.17) is 9.15 Å². The van der Waals surface area contributed by atoms with Crippen molar-refractivity contribution in [2.75, 3.05) is 44.5 Å². The molecule has 1 aliphatic rings. The summed E-state index contributed by atoms with van der Waals surface area (Å²) in [7, 11) is 1.81. The summed E-state index contributed by atoms with van der Waals surface area (Å²) >= 11 is 2.70. The second-order valence-electron chi connectivity index (χ2n) is 9.90. The molecular weight excluding hydrogens is 532 g/mol. The average molecular weight is 577 g/mol. The van der Waals surface area contributed by atoms with Crippen LogP contribution in [-0.4, -0.2) is 66.5 Å². The maximum absolute atomic E-state index is 13.6. The van der Waals surface area contributed by atoms with Crippen molar-refractivity contribution < 1.29 is 18.7 Å². The molecule has 1 atom stereocenters. The second kappa shape index (κ2) is 17.6. The van der Waals surface area contributed by atoms with Crippen LogP contribution >= 0.6 is 23.5 Å². The number of anilines is 1. The van der Waals surface area contributed by atoms with E-state index in [1.165, 1.54) is 74.9 Å². The Balaban J connectivity index is 1.58. The molecule has 39 heavy (non-hydrogen) atoms. The van der Waals surface area contributed by atoms with Crippen LogP contribution in [0.25, 0.3) is 0 Å². The smallest absolute Gasteiger partial charge is 0.276 e. The van der Waals surface area contributed by atoms with Crippen LogP contribution in [0.15, 0.2) is 38.8 Å². The Kier molecular flexibility index (Phi) is 14.2. The summed E-state index contributed by atoms with van der Waals surface area (Å²) in [5.74, 6) is 0.268. The minimum Gasteiger partial charge on any atom is -0.414 e. The summed E-state index contributed by atoms with van der Waals surface area (Å²) in [5, 5.41) is 7.95. The van der Waals surface area contributed by atoms with E-state index in [-0.39, 0.29) is 17.7 Å². The monoisotopic (exact) mass is 576 g/mol. The van der Waals surface area contributed by atoms with Gasteiger partial charge in [-0.25, -0.2) is 0 Å². The van der Waals surface area contributed by atoms with Crippen LogP contribution in [-0.2, 0) is 14.3 Å². The highest BCUT2D eigenvalue weighted by atomic mass is 32.2. The minimum absolute atomic E-state index is 0.0844. The lowest BCUT2D eigenvalue weighted by molar-refractivity contribution is -0.135. The van der Waals surface area contributed by atoms with Crippen molar-refractivity contribution in [3.05, 3.63) is 30.2 Å². The fourth-order valence-corrected chi connectivity index (χ4v) is 6.07. The van der Waals surface area contributed by atoms with Crippen molar-refractivity contribution in [2.45, 2.75) is 92.9 Å². The van der Waals surface area contributed by atoms with Crippen LogP contribution in [0.4, 0.5) is 5.69 Å². The van der Waals surface area contributed by atoms with E-state index >= 15 is 0 Å². The highest BCUT2D eigenvalue weighted by molar-refractivity contribution is 8.00. The summed E-state index contributed by atoms with van der Waals surface area (Å²) in [6.07, 6.45) is 14.7. The Morgan fingerprint density at radius 1 is 0.974 bits per heavy atom. The number of rotatable bonds is 17. The zero-order valence-electron chi connectivity index (χ0n) is 23.7. The predicted octanol–water partition coefficient (Wildman–Crippen LogP) is 6.76. The van der Waals surface area contributed by atoms with Gasteiger partial charge in [0.15, 0.2) is 5.25 Å². The molecule has 0 N–H and O–H groups in total. The molecule has 10 heteroatoms. The number of ether oxygens (including phenoxy) is 1. The van der Waals surface area contributed by atoms with Gasteiger partial charge in [0.1, 0.15) is 0 Å². The first kappa shape index (κ1) is 31.5. The normalized spacial score (nSPS) is 14.4. The quantitative estimate of drug-likeness (QED) is 0.151. The number of nitrogens with zero attached hydrogens (tertiary/aromatic N) is 4. The van der Waals surface area contributed by atoms with E-state index in [0.29, 0.717) is 37.9 Å². The maximum atomic E-state index is 13.6. The SMILES string of the molecule is CCCCCCCCCCCCC(=O)N(C)c1ccccc1SC(C(=O)N1CCOCC1)c1nnc(SC)o1. The highest BCUT2D eigenvalue weighted by Crippen LogP contribution is 2.41. The van der Waals surface area contributed by atoms with Crippen molar-refractivity contribution in [1.82, 2.24) is 15.1 Å². The first-order chi connectivity index (χ1) is 19.0. The molecule has 2 heterocycles. The van der Waals surface area contributed by atoms with Crippen molar-refractivity contribution >= 4 is 41.0 Å². The van der Waals surface area contributed by atoms with Crippen LogP contribution in [0.3, 0.4) is 0 Å². The molecule has 1 aliphatic heterocycles. The van der Waals surface area contributed by atoms with Gasteiger partial charge in [0.2, 0.25) is 17.7 Å². The number of carbonyl (C=O) groups excluding carboxylic acids is 2. The maximum Gasteiger partial charge on any atom is 0.276 e. The summed E-state index contributed by atoms with van der Waals surface area (Å²) in [5.41, 5.74) is 0.781. The number of aromatic nitrogens is 2. The van der Waals surface area contributed by atoms with Gasteiger partial charge in [0.25, 0.3) is 5.22 Å². The number of carbonyl (C=O) groups is 2. The second-order valence-corrected chi connectivity index (χ2v) is 11.8. The number of unbranched alkanes of at least 4 members (excludes halogenated alkanes) is 9. The molecule has 1 unspecified atom stereocenters. The van der Waals surface area contributed by atoms with Gasteiger partial charge in [-0.15, -0.1) is 22.0 Å². The molecule has 3 rings (SSSR count). The topological polar surface area (TPSA) is 88.8 Å². The molecule has 0 radical (unpaired) electrons. The number of hydrogen-bond donors (Lipinski definition) is 0. The minimum atomic E-state index is -0.705. The molecule has 2 amide bonds. The zero-order chi connectivity index (χ0) is 27.9. The standard InChI is InChI=1S/C29H44N4O4S2/c1-4-5-6-7-8-9-10-11-12-13-18-25(34)32(2)23-16-14-15-17-24(23)39-26(27-30-31-29(37-27)38-3)28(35)33-19-21-36-22-20-33/h14-17,26H,4-13,18-22H2,1-3H3. The fraction of sp³-hybridized carbons (Fsp3) is 0.655. The Labute approximate surface area is 242 Å². The molecular formula is C29H44N4O4S2. The molecule has 2 aromatic rings. The summed E-state index contributed by atoms with van der Waals surface area (Å²) in [6, 6.07) is 7.71. The van der Waals surface area contributed by atoms with Crippen LogP contribution in [0.2, 0.25) is 0 Å². The van der Waals surface area contributed by atoms with Crippen molar-refractivity contribution in [2.24, 2.45) is 0 Å². The highest BCUT2D eigenvalue weighted by Gasteiger charge is 2.33. The number of morpholine rings is 1. The van der Waals surface area contributed by atoms with Crippen molar-refractivity contribution in [3.63, 3.8) is 0 Å². The molecule has 1 saturated heterocycles. The molecule has 0 bridgehead atoms. The van der Waals surface area contributed by atoms with Crippen LogP contribution in [0.1, 0.15) is 88.7 Å². The Morgan fingerprint density at radius 3 is 2.26 bits per heavy atom. The third-order valence-electron chi connectivity index (χ3n) is 6.96. The first-order valence-electron chi connectivity index (χ1n) is 14.3. The van der Waals surface area contributed by atoms with Gasteiger partial charge in [-0.1, -0.05) is 88.6 Å². The fourth-order valence-electron chi connectivity index (χ4n) is 4.59. The molecule has 1 aromatic heterocycles. The van der Waals surface area contributed by atoms with Crippen molar-refractivity contribution in [1.29, 1.82) is 0 Å². The van der Waals surface area contributed by atoms with Gasteiger partial charge < -0.3 is 19.0 Å². The number of benzene rings is 1. The summed E-state index contributed by atoms with van der Waals surface area (Å²) < 4.78 is 11.2. The number of amides is 2. The number of para-hydroxylation sites is 1. The van der Waals surface area contributed by atoms with Gasteiger partial charge >= 0.3 is 0 Å². The molecule has 0 aliphatic carbocycles. The van der Waals surface area contributed by atoms with Crippen LogP contribution in [0.5, 0.6) is 0 Å². The van der Waals surface area contributed by atoms with E-state index in [1.54, 1.807) is 9.80 Å². The van der Waals surface area contributed by atoms with E-state index < -0.39 is 5.25 Å². The van der Waals surface area contributed by atoms with Crippen LogP contribution < -0.4 is 4.90 Å². The largest absolute Gasteiger partial charge is 0.414 e. The molecule has 216 valence electrons. The molecule has 1 fully saturated rings. The van der Waals surface area contributed by atoms with Gasteiger partial charge in [-0.2, -0.15) is 0 Å². The molecule has 8 nitrogen and oxygen atoms in total. The van der Waals surface area contributed by atoms with E-state index in [9.17, 15) is 9.59 Å². The van der Waals surface area contributed by atoms with Gasteiger partial charge in [-0.05, 0) is 24.8 Å². The third-order valence-corrected chi connectivity index (χ3v) is 8.71. The average Bonchev–Trinajstić information content (AvgIpc) is 3.46. The lowest BCUT2D eigenvalue weighted by Gasteiger charge is -2.29. The molecule has 1 aromatic carbocycles. The lowest BCUT2D eigenvalue weighted by atomic mass is 10.1. The van der Waals surface area contributed by atoms with E-state index in [0.717, 1.165) is 23.4 Å². The van der Waals surface area contributed by atoms with Crippen LogP contribution in [0, 0.1) is 0 Å². The zero-order valence-corrected chi connectivity index (χ0v) is 25.4. The van der Waals surface area contributed by atoms with Gasteiger partial charge in [0.05, 0.1) is 18.9 Å². The Morgan fingerprint density at radius 2 is 1.62 bits per heavy atom. The lowest BCUT2D eigenvalue weighted by Crippen LogP contribution is -2.42. The third kappa shape index (κ3) is 10.1. The van der Waals surface area contributed by atoms with E-state index in [2.05, 4.69) is 17.1 Å². The summed E-state index contributed by atoms with van der Waals surface area (Å²) in [4.78, 5) is 31.0. The predicted molar refractivity (Wildman–Crippen MR) is 158 cm³/mol. The Bertz CT molecular complexity index is 1010. The molecule has 0 saturated carbocycles. The Hall–Kier alpha value is -2.04. The van der Waals surface area contributed by atoms with Gasteiger partial charge in [0, 0.05) is 31.5 Å². The summed E-state index contributed by atoms with van der Waals surface area (Å²) in [6.45, 7) is 4.32. The first-order valence-corrected chi connectivity index (χ1v) is 16.4. The molecule has 0 spiro atoms. The van der Waals surface area contributed by atoms with Crippen molar-refractivity contribution in [3.8, 4) is 0 Å².